The Morgan fingerprint density at radius 3 is 2.28 bits per heavy atom. The first-order chi connectivity index (χ1) is 8.27. The molecule has 0 radical (unpaired) electrons. The van der Waals surface area contributed by atoms with Crippen LogP contribution in [0.25, 0.3) is 0 Å². The molecule has 0 bridgehead atoms. The van der Waals surface area contributed by atoms with Gasteiger partial charge in [-0.05, 0) is 20.8 Å². The Morgan fingerprint density at radius 2 is 1.83 bits per heavy atom. The number of alkyl halides is 1. The molecule has 0 amide bonds. The monoisotopic (exact) mass is 390 g/mol. The maximum Gasteiger partial charge on any atom is 0.223 e. The molecular formula is C11H23IN2O3S. The van der Waals surface area contributed by atoms with Crippen LogP contribution < -0.4 is 0 Å². The second-order valence-electron chi connectivity index (χ2n) is 5.42. The van der Waals surface area contributed by atoms with Gasteiger partial charge in [0.05, 0.1) is 13.2 Å². The predicted octanol–water partition coefficient (Wildman–Crippen LogP) is 1.14. The lowest BCUT2D eigenvalue weighted by Crippen LogP contribution is -2.50. The highest BCUT2D eigenvalue weighted by Gasteiger charge is 2.31. The van der Waals surface area contributed by atoms with Gasteiger partial charge in [0, 0.05) is 31.7 Å². The lowest BCUT2D eigenvalue weighted by Gasteiger charge is -2.36. The zero-order chi connectivity index (χ0) is 13.8. The van der Waals surface area contributed by atoms with Crippen molar-refractivity contribution in [3.8, 4) is 0 Å². The third-order valence-corrected chi connectivity index (χ3v) is 6.98. The quantitative estimate of drug-likeness (QED) is 0.522. The molecule has 5 nitrogen and oxygen atoms in total. The number of halogens is 1. The molecule has 1 heterocycles. The fourth-order valence-corrected chi connectivity index (χ4v) is 4.33. The molecule has 0 aliphatic carbocycles. The third kappa shape index (κ3) is 4.92. The summed E-state index contributed by atoms with van der Waals surface area (Å²) in [7, 11) is -3.16. The van der Waals surface area contributed by atoms with Gasteiger partial charge in [0.15, 0.2) is 0 Å². The number of rotatable bonds is 5. The highest BCUT2D eigenvalue weighted by molar-refractivity contribution is 14.1. The lowest BCUT2D eigenvalue weighted by atomic mass is 10.1. The molecule has 0 saturated carbocycles. The Balaban J connectivity index is 2.62. The van der Waals surface area contributed by atoms with E-state index in [4.69, 9.17) is 4.74 Å². The molecule has 1 rings (SSSR count). The van der Waals surface area contributed by atoms with Crippen LogP contribution in [0, 0.1) is 0 Å². The van der Waals surface area contributed by atoms with Gasteiger partial charge in [-0.25, -0.2) is 8.42 Å². The zero-order valence-corrected chi connectivity index (χ0v) is 14.3. The molecule has 0 atom stereocenters. The van der Waals surface area contributed by atoms with Gasteiger partial charge < -0.3 is 4.74 Å². The average Bonchev–Trinajstić information content (AvgIpc) is 2.28. The van der Waals surface area contributed by atoms with Gasteiger partial charge in [-0.15, -0.1) is 0 Å². The van der Waals surface area contributed by atoms with E-state index in [2.05, 4.69) is 4.90 Å². The van der Waals surface area contributed by atoms with Crippen LogP contribution in [0.2, 0.25) is 0 Å². The summed E-state index contributed by atoms with van der Waals surface area (Å²) < 4.78 is 31.2. The fourth-order valence-electron chi connectivity index (χ4n) is 2.01. The Labute approximate surface area is 124 Å². The highest BCUT2D eigenvalue weighted by Crippen LogP contribution is 2.19. The maximum absolute atomic E-state index is 12.1. The topological polar surface area (TPSA) is 49.9 Å². The summed E-state index contributed by atoms with van der Waals surface area (Å²) in [6.07, 6.45) is 0. The molecule has 18 heavy (non-hydrogen) atoms. The molecule has 0 N–H and O–H groups in total. The van der Waals surface area contributed by atoms with Crippen LogP contribution in [0.1, 0.15) is 20.8 Å². The fraction of sp³-hybridized carbons (Fsp3) is 1.00. The van der Waals surface area contributed by atoms with Crippen LogP contribution in [0.4, 0.5) is 0 Å². The number of hydrogen-bond acceptors (Lipinski definition) is 4. The minimum atomic E-state index is -3.16. The van der Waals surface area contributed by atoms with Crippen LogP contribution in [0.15, 0.2) is 0 Å². The van der Waals surface area contributed by atoms with Crippen LogP contribution >= 0.6 is 22.6 Å². The molecule has 1 aliphatic rings. The van der Waals surface area contributed by atoms with Crippen molar-refractivity contribution in [2.75, 3.05) is 43.2 Å². The van der Waals surface area contributed by atoms with Crippen molar-refractivity contribution < 1.29 is 13.2 Å². The largest absolute Gasteiger partial charge is 0.379 e. The summed E-state index contributed by atoms with van der Waals surface area (Å²) in [5.74, 6) is 0. The second-order valence-corrected chi connectivity index (χ2v) is 9.11. The van der Waals surface area contributed by atoms with Crippen molar-refractivity contribution in [2.24, 2.45) is 0 Å². The summed E-state index contributed by atoms with van der Waals surface area (Å²) in [6, 6.07) is 0. The summed E-state index contributed by atoms with van der Waals surface area (Å²) in [4.78, 5) is 2.25. The van der Waals surface area contributed by atoms with Gasteiger partial charge in [0.25, 0.3) is 0 Å². The number of sulfonamides is 1. The minimum absolute atomic E-state index is 0.130. The van der Waals surface area contributed by atoms with Crippen molar-refractivity contribution in [3.05, 3.63) is 0 Å². The first-order valence-electron chi connectivity index (χ1n) is 6.14. The van der Waals surface area contributed by atoms with Gasteiger partial charge in [-0.1, -0.05) is 22.6 Å². The molecule has 0 aromatic rings. The van der Waals surface area contributed by atoms with E-state index in [-0.39, 0.29) is 9.30 Å². The van der Waals surface area contributed by atoms with Crippen molar-refractivity contribution in [1.82, 2.24) is 9.21 Å². The van der Waals surface area contributed by atoms with Crippen molar-refractivity contribution in [2.45, 2.75) is 26.3 Å². The van der Waals surface area contributed by atoms with Gasteiger partial charge in [0.2, 0.25) is 10.0 Å². The van der Waals surface area contributed by atoms with E-state index in [0.29, 0.717) is 6.54 Å². The van der Waals surface area contributed by atoms with E-state index >= 15 is 0 Å². The summed E-state index contributed by atoms with van der Waals surface area (Å²) in [5, 5.41) is 0. The van der Waals surface area contributed by atoms with Crippen LogP contribution in [0.5, 0.6) is 0 Å². The zero-order valence-electron chi connectivity index (χ0n) is 11.4. The van der Waals surface area contributed by atoms with Crippen molar-refractivity contribution in [1.29, 1.82) is 0 Å². The molecule has 0 unspecified atom stereocenters. The second kappa shape index (κ2) is 6.83. The van der Waals surface area contributed by atoms with Gasteiger partial charge in [-0.3, -0.25) is 4.90 Å². The Kier molecular flexibility index (Phi) is 6.30. The Hall–Kier alpha value is 0.560. The number of morpholine rings is 1. The summed E-state index contributed by atoms with van der Waals surface area (Å²) >= 11 is 1.92. The number of nitrogens with zero attached hydrogens (tertiary/aromatic N) is 2. The number of ether oxygens (including phenoxy) is 1. The summed E-state index contributed by atoms with van der Waals surface area (Å²) in [6.45, 7) is 10.4. The van der Waals surface area contributed by atoms with Crippen LogP contribution in [-0.2, 0) is 14.8 Å². The molecule has 0 spiro atoms. The standard InChI is InChI=1S/C11H23IN2O3S/c1-11(2,3)14(18(15,16)10-12)5-4-13-6-8-17-9-7-13/h4-10H2,1-3H3. The smallest absolute Gasteiger partial charge is 0.223 e. The predicted molar refractivity (Wildman–Crippen MR) is 81.5 cm³/mol. The molecule has 1 aliphatic heterocycles. The third-order valence-electron chi connectivity index (χ3n) is 2.94. The summed E-state index contributed by atoms with van der Waals surface area (Å²) in [5.41, 5.74) is -0.365. The van der Waals surface area contributed by atoms with E-state index in [9.17, 15) is 8.42 Å². The molecule has 1 saturated heterocycles. The number of hydrogen-bond donors (Lipinski definition) is 0. The molecule has 7 heteroatoms. The molecule has 0 aromatic heterocycles. The Bertz CT molecular complexity index is 348. The van der Waals surface area contributed by atoms with Crippen molar-refractivity contribution in [3.63, 3.8) is 0 Å². The van der Waals surface area contributed by atoms with Crippen LogP contribution in [0.3, 0.4) is 0 Å². The van der Waals surface area contributed by atoms with E-state index in [1.165, 1.54) is 0 Å². The average molecular weight is 390 g/mol. The van der Waals surface area contributed by atoms with Gasteiger partial charge >= 0.3 is 0 Å². The van der Waals surface area contributed by atoms with Crippen LogP contribution in [-0.4, -0.2) is 66.3 Å². The van der Waals surface area contributed by atoms with E-state index in [0.717, 1.165) is 32.8 Å². The first-order valence-corrected chi connectivity index (χ1v) is 9.27. The van der Waals surface area contributed by atoms with Gasteiger partial charge in [-0.2, -0.15) is 4.31 Å². The highest BCUT2D eigenvalue weighted by atomic mass is 127. The first kappa shape index (κ1) is 16.6. The molecular weight excluding hydrogens is 367 g/mol. The Morgan fingerprint density at radius 1 is 1.28 bits per heavy atom. The molecule has 0 aromatic carbocycles. The SMILES string of the molecule is CC(C)(C)N(CCN1CCOCC1)S(=O)(=O)CI. The molecule has 108 valence electrons. The van der Waals surface area contributed by atoms with E-state index in [1.807, 2.05) is 43.4 Å². The normalized spacial score (nSPS) is 19.4. The maximum atomic E-state index is 12.1. The van der Waals surface area contributed by atoms with E-state index in [1.54, 1.807) is 4.31 Å². The minimum Gasteiger partial charge on any atom is -0.379 e. The van der Waals surface area contributed by atoms with E-state index < -0.39 is 10.0 Å². The molecule has 1 fully saturated rings. The lowest BCUT2D eigenvalue weighted by molar-refractivity contribution is 0.0341. The van der Waals surface area contributed by atoms with Gasteiger partial charge in [0.1, 0.15) is 3.76 Å². The van der Waals surface area contributed by atoms with Crippen molar-refractivity contribution >= 4 is 32.6 Å².